The van der Waals surface area contributed by atoms with Gasteiger partial charge < -0.3 is 23.8 Å². The summed E-state index contributed by atoms with van der Waals surface area (Å²) in [6.07, 6.45) is 0.602. The quantitative estimate of drug-likeness (QED) is 0.193. The third-order valence-electron chi connectivity index (χ3n) is 6.05. The molecule has 0 bridgehead atoms. The Labute approximate surface area is 239 Å². The molecule has 1 N–H and O–H groups in total. The minimum atomic E-state index is -3.93. The van der Waals surface area contributed by atoms with E-state index in [1.54, 1.807) is 91.0 Å². The summed E-state index contributed by atoms with van der Waals surface area (Å²) in [7, 11) is -3.93. The topological polar surface area (TPSA) is 127 Å². The number of para-hydroxylation sites is 2. The molecule has 2 aromatic heterocycles. The second kappa shape index (κ2) is 11.9. The number of imidazole rings is 1. The highest BCUT2D eigenvalue weighted by atomic mass is 31.2. The van der Waals surface area contributed by atoms with Crippen molar-refractivity contribution in [3.63, 3.8) is 0 Å². The Morgan fingerprint density at radius 2 is 1.52 bits per heavy atom. The van der Waals surface area contributed by atoms with E-state index in [4.69, 9.17) is 18.5 Å². The van der Waals surface area contributed by atoms with E-state index in [-0.39, 0.29) is 22.9 Å². The van der Waals surface area contributed by atoms with Crippen molar-refractivity contribution < 1.29 is 32.3 Å². The van der Waals surface area contributed by atoms with Crippen molar-refractivity contribution >= 4 is 30.5 Å². The van der Waals surface area contributed by atoms with Crippen molar-refractivity contribution in [1.82, 2.24) is 19.5 Å². The highest BCUT2D eigenvalue weighted by Gasteiger charge is 2.36. The van der Waals surface area contributed by atoms with E-state index in [1.165, 1.54) is 17.2 Å². The van der Waals surface area contributed by atoms with Gasteiger partial charge in [0, 0.05) is 11.6 Å². The van der Waals surface area contributed by atoms with Crippen LogP contribution in [0.5, 0.6) is 11.5 Å². The number of benzene rings is 3. The lowest BCUT2D eigenvalue weighted by molar-refractivity contribution is -0.129. The molecule has 6 rings (SSSR count). The lowest BCUT2D eigenvalue weighted by Crippen LogP contribution is -2.18. The fourth-order valence-electron chi connectivity index (χ4n) is 4.13. The third kappa shape index (κ3) is 6.06. The van der Waals surface area contributed by atoms with Crippen molar-refractivity contribution in [3.8, 4) is 11.5 Å². The molecule has 1 aliphatic rings. The van der Waals surface area contributed by atoms with Crippen LogP contribution in [0.15, 0.2) is 116 Å². The Morgan fingerprint density at radius 3 is 2.17 bits per heavy atom. The van der Waals surface area contributed by atoms with Crippen molar-refractivity contribution in [1.29, 1.82) is 0 Å². The molecule has 0 radical (unpaired) electrons. The molecule has 0 aliphatic carbocycles. The van der Waals surface area contributed by atoms with Crippen LogP contribution < -0.4 is 14.4 Å². The van der Waals surface area contributed by atoms with Gasteiger partial charge in [-0.05, 0) is 36.4 Å². The Hall–Kier alpha value is -4.90. The highest BCUT2D eigenvalue weighted by molar-refractivity contribution is 7.54. The maximum Gasteiger partial charge on any atom is 0.456 e. The largest absolute Gasteiger partial charge is 0.456 e. The van der Waals surface area contributed by atoms with E-state index in [0.29, 0.717) is 17.1 Å². The molecule has 3 heterocycles. The molecule has 3 aromatic carbocycles. The number of hydrogen-bond acceptors (Lipinski definition) is 9. The minimum absolute atomic E-state index is 0.153. The summed E-state index contributed by atoms with van der Waals surface area (Å²) in [5.41, 5.74) is 0.884. The minimum Gasteiger partial charge on any atom is -0.415 e. The average Bonchev–Trinajstić information content (AvgIpc) is 3.61. The normalized spacial score (nSPS) is 16.6. The summed E-state index contributed by atoms with van der Waals surface area (Å²) in [6.45, 7) is 0. The van der Waals surface area contributed by atoms with E-state index in [1.807, 2.05) is 0 Å². The fraction of sp³-hybridized carbons (Fsp3) is 0.103. The number of anilines is 1. The molecule has 5 aromatic rings. The maximum atomic E-state index is 15.1. The van der Waals surface area contributed by atoms with Gasteiger partial charge in [-0.15, -0.1) is 0 Å². The molecule has 0 unspecified atom stereocenters. The lowest BCUT2D eigenvalue weighted by Gasteiger charge is -2.22. The molecular weight excluding hydrogens is 564 g/mol. The van der Waals surface area contributed by atoms with Crippen molar-refractivity contribution in [2.24, 2.45) is 0 Å². The summed E-state index contributed by atoms with van der Waals surface area (Å²) >= 11 is 0. The number of nitrogens with one attached hydrogen (secondary N) is 1. The molecule has 0 spiro atoms. The predicted octanol–water partition coefficient (Wildman–Crippen LogP) is 6.11. The van der Waals surface area contributed by atoms with Crippen LogP contribution in [0.2, 0.25) is 0 Å². The van der Waals surface area contributed by atoms with Gasteiger partial charge in [-0.1, -0.05) is 54.6 Å². The van der Waals surface area contributed by atoms with Crippen LogP contribution >= 0.6 is 7.60 Å². The molecule has 2 atom stereocenters. The summed E-state index contributed by atoms with van der Waals surface area (Å²) in [5, 5.41) is 2.70. The van der Waals surface area contributed by atoms with Gasteiger partial charge in [-0.3, -0.25) is 9.36 Å². The van der Waals surface area contributed by atoms with Crippen molar-refractivity contribution in [3.05, 3.63) is 121 Å². The van der Waals surface area contributed by atoms with E-state index in [0.717, 1.165) is 6.08 Å². The first kappa shape index (κ1) is 27.3. The fourth-order valence-corrected chi connectivity index (χ4v) is 5.49. The number of ether oxygens (including phenoxy) is 2. The zero-order valence-electron chi connectivity index (χ0n) is 21.8. The number of hydrogen-bond donors (Lipinski definition) is 1. The Balaban J connectivity index is 1.17. The SMILES string of the molecule is O=C(Nc1ncnc2c1ncn2[C@@H]1O[C@H](OCP(=O)(Oc2ccccc2)Oc2ccccc2)C=C1F)c1ccccc1. The number of carbonyl (C=O) groups excluding carboxylic acids is 1. The summed E-state index contributed by atoms with van der Waals surface area (Å²) in [4.78, 5) is 25.2. The van der Waals surface area contributed by atoms with Gasteiger partial charge in [-0.25, -0.2) is 23.9 Å². The Morgan fingerprint density at radius 1 is 0.905 bits per heavy atom. The first-order valence-electron chi connectivity index (χ1n) is 12.7. The van der Waals surface area contributed by atoms with Gasteiger partial charge in [0.2, 0.25) is 0 Å². The number of amides is 1. The van der Waals surface area contributed by atoms with E-state index >= 15 is 4.39 Å². The monoisotopic (exact) mass is 587 g/mol. The number of aromatic nitrogens is 4. The molecular formula is C29H23FN5O6P. The first-order valence-corrected chi connectivity index (χ1v) is 14.5. The van der Waals surface area contributed by atoms with Crippen molar-refractivity contribution in [2.45, 2.75) is 12.5 Å². The molecule has 42 heavy (non-hydrogen) atoms. The summed E-state index contributed by atoms with van der Waals surface area (Å²) in [6, 6.07) is 25.6. The molecule has 0 saturated heterocycles. The number of rotatable bonds is 10. The average molecular weight is 588 g/mol. The number of fused-ring (bicyclic) bond motifs is 1. The zero-order chi connectivity index (χ0) is 28.9. The standard InChI is InChI=1S/C29H23FN5O6P/c30-23-16-24(38-19-42(37,40-21-12-6-2-7-13-21)41-22-14-8-3-9-15-22)39-29(23)35-18-33-25-26(31-17-32-27(25)35)34-28(36)20-10-4-1-5-11-20/h1-18,24,29H,19H2,(H,31,32,34,36)/t24-,29+/m0/s1. The molecule has 1 aliphatic heterocycles. The van der Waals surface area contributed by atoms with Gasteiger partial charge in [0.25, 0.3) is 5.91 Å². The number of carbonyl (C=O) groups is 1. The van der Waals surface area contributed by atoms with Crippen LogP contribution in [0, 0.1) is 0 Å². The van der Waals surface area contributed by atoms with Crippen LogP contribution in [-0.2, 0) is 14.0 Å². The van der Waals surface area contributed by atoms with Crippen LogP contribution in [-0.4, -0.2) is 38.1 Å². The molecule has 11 nitrogen and oxygen atoms in total. The smallest absolute Gasteiger partial charge is 0.415 e. The zero-order valence-corrected chi connectivity index (χ0v) is 22.7. The molecule has 212 valence electrons. The maximum absolute atomic E-state index is 15.1. The predicted molar refractivity (Wildman–Crippen MR) is 151 cm³/mol. The summed E-state index contributed by atoms with van der Waals surface area (Å²) < 4.78 is 53.0. The second-order valence-electron chi connectivity index (χ2n) is 8.99. The van der Waals surface area contributed by atoms with Crippen LogP contribution in [0.3, 0.4) is 0 Å². The molecule has 13 heteroatoms. The number of halogens is 1. The van der Waals surface area contributed by atoms with Crippen LogP contribution in [0.25, 0.3) is 11.2 Å². The number of nitrogens with zero attached hydrogens (tertiary/aromatic N) is 4. The molecule has 0 saturated carbocycles. The molecule has 1 amide bonds. The highest BCUT2D eigenvalue weighted by Crippen LogP contribution is 2.49. The van der Waals surface area contributed by atoms with Gasteiger partial charge in [-0.2, -0.15) is 0 Å². The van der Waals surface area contributed by atoms with Gasteiger partial charge in [0.05, 0.1) is 6.33 Å². The second-order valence-corrected chi connectivity index (χ2v) is 10.8. The van der Waals surface area contributed by atoms with Crippen molar-refractivity contribution in [2.75, 3.05) is 11.7 Å². The third-order valence-corrected chi connectivity index (χ3v) is 7.49. The Bertz CT molecular complexity index is 1730. The first-order chi connectivity index (χ1) is 20.5. The lowest BCUT2D eigenvalue weighted by atomic mass is 10.2. The van der Waals surface area contributed by atoms with E-state index in [9.17, 15) is 9.36 Å². The van der Waals surface area contributed by atoms with E-state index < -0.39 is 32.3 Å². The molecule has 0 fully saturated rings. The van der Waals surface area contributed by atoms with Crippen LogP contribution in [0.4, 0.5) is 10.2 Å². The Kier molecular flexibility index (Phi) is 7.74. The van der Waals surface area contributed by atoms with E-state index in [2.05, 4.69) is 20.3 Å². The van der Waals surface area contributed by atoms with Gasteiger partial charge in [0.1, 0.15) is 17.8 Å². The summed E-state index contributed by atoms with van der Waals surface area (Å²) in [5.74, 6) is -0.295. The van der Waals surface area contributed by atoms with Gasteiger partial charge in [0.15, 0.2) is 41.7 Å². The van der Waals surface area contributed by atoms with Gasteiger partial charge >= 0.3 is 7.60 Å². The van der Waals surface area contributed by atoms with Crippen LogP contribution in [0.1, 0.15) is 16.6 Å².